The normalized spacial score (nSPS) is 14.7. The van der Waals surface area contributed by atoms with Gasteiger partial charge in [0.1, 0.15) is 5.69 Å². The van der Waals surface area contributed by atoms with E-state index in [4.69, 9.17) is 0 Å². The summed E-state index contributed by atoms with van der Waals surface area (Å²) in [4.78, 5) is 31.8. The molecule has 5 heteroatoms. The van der Waals surface area contributed by atoms with E-state index in [9.17, 15) is 9.59 Å². The maximum atomic E-state index is 12.6. The summed E-state index contributed by atoms with van der Waals surface area (Å²) in [6.45, 7) is 9.23. The van der Waals surface area contributed by atoms with Crippen molar-refractivity contribution in [3.05, 3.63) is 58.9 Å². The number of ketones is 1. The maximum absolute atomic E-state index is 12.6. The number of carbonyl (C=O) groups is 2. The highest BCUT2D eigenvalue weighted by molar-refractivity contribution is 6.01. The molecule has 1 aliphatic heterocycles. The number of nitrogens with zero attached hydrogens (tertiary/aromatic N) is 2. The molecule has 1 aliphatic rings. The van der Waals surface area contributed by atoms with Crippen LogP contribution in [0.15, 0.2) is 36.5 Å². The lowest BCUT2D eigenvalue weighted by molar-refractivity contribution is 0.0787. The molecule has 5 nitrogen and oxygen atoms in total. The molecule has 28 heavy (non-hydrogen) atoms. The Balaban J connectivity index is 1.56. The number of Topliss-reactive ketones (excluding diaryl/α,β-unsaturated/α-hetero) is 1. The van der Waals surface area contributed by atoms with Crippen molar-refractivity contribution in [2.24, 2.45) is 0 Å². The third-order valence-electron chi connectivity index (χ3n) is 5.31. The van der Waals surface area contributed by atoms with Crippen molar-refractivity contribution in [1.29, 1.82) is 0 Å². The Hall–Kier alpha value is -2.40. The molecule has 0 saturated carbocycles. The van der Waals surface area contributed by atoms with Gasteiger partial charge >= 0.3 is 0 Å². The zero-order chi connectivity index (χ0) is 20.3. The number of benzene rings is 1. The Morgan fingerprint density at radius 3 is 2.36 bits per heavy atom. The van der Waals surface area contributed by atoms with E-state index in [1.807, 2.05) is 16.8 Å². The Bertz CT molecular complexity index is 824. The molecular formula is C23H31N3O2. The van der Waals surface area contributed by atoms with Gasteiger partial charge in [0, 0.05) is 31.4 Å². The molecule has 0 aliphatic carbocycles. The summed E-state index contributed by atoms with van der Waals surface area (Å²) >= 11 is 0. The molecule has 0 radical (unpaired) electrons. The number of H-pyrrole nitrogens is 1. The molecular weight excluding hydrogens is 350 g/mol. The van der Waals surface area contributed by atoms with Gasteiger partial charge < -0.3 is 9.88 Å². The van der Waals surface area contributed by atoms with E-state index in [2.05, 4.69) is 50.0 Å². The second-order valence-corrected chi connectivity index (χ2v) is 8.84. The number of carbonyl (C=O) groups excluding carboxylic acids is 2. The van der Waals surface area contributed by atoms with Gasteiger partial charge in [0.15, 0.2) is 5.78 Å². The van der Waals surface area contributed by atoms with Crippen LogP contribution in [-0.4, -0.2) is 53.2 Å². The lowest BCUT2D eigenvalue weighted by Crippen LogP contribution is -2.28. The molecule has 0 unspecified atom stereocenters. The average Bonchev–Trinajstić information content (AvgIpc) is 3.33. The van der Waals surface area contributed by atoms with E-state index >= 15 is 0 Å². The van der Waals surface area contributed by atoms with Gasteiger partial charge in [0.05, 0.1) is 6.54 Å². The van der Waals surface area contributed by atoms with Crippen LogP contribution < -0.4 is 0 Å². The number of amides is 1. The maximum Gasteiger partial charge on any atom is 0.270 e. The van der Waals surface area contributed by atoms with Crippen LogP contribution >= 0.6 is 0 Å². The fraction of sp³-hybridized carbons (Fsp3) is 0.478. The Morgan fingerprint density at radius 1 is 1.11 bits per heavy atom. The molecule has 0 bridgehead atoms. The summed E-state index contributed by atoms with van der Waals surface area (Å²) in [5, 5.41) is 0. The predicted octanol–water partition coefficient (Wildman–Crippen LogP) is 3.86. The van der Waals surface area contributed by atoms with Crippen molar-refractivity contribution >= 4 is 11.7 Å². The number of rotatable bonds is 6. The number of hydrogen-bond donors (Lipinski definition) is 1. The number of likely N-dealkylation sites (N-methyl/N-ethyl adjacent to an activating group) is 1. The summed E-state index contributed by atoms with van der Waals surface area (Å²) in [5.41, 5.74) is 3.70. The quantitative estimate of drug-likeness (QED) is 0.773. The summed E-state index contributed by atoms with van der Waals surface area (Å²) in [6, 6.07) is 10.3. The number of nitrogens with one attached hydrogen (secondary N) is 1. The van der Waals surface area contributed by atoms with Crippen LogP contribution in [0.3, 0.4) is 0 Å². The van der Waals surface area contributed by atoms with Gasteiger partial charge in [-0.1, -0.05) is 45.0 Å². The van der Waals surface area contributed by atoms with Crippen LogP contribution in [0, 0.1) is 0 Å². The van der Waals surface area contributed by atoms with Gasteiger partial charge in [-0.15, -0.1) is 0 Å². The lowest BCUT2D eigenvalue weighted by atomic mass is 9.87. The van der Waals surface area contributed by atoms with Gasteiger partial charge in [-0.3, -0.25) is 14.5 Å². The monoisotopic (exact) mass is 381 g/mol. The largest absolute Gasteiger partial charge is 0.356 e. The minimum Gasteiger partial charge on any atom is -0.356 e. The Kier molecular flexibility index (Phi) is 6.04. The van der Waals surface area contributed by atoms with Crippen LogP contribution in [0.2, 0.25) is 0 Å². The highest BCUT2D eigenvalue weighted by Gasteiger charge is 2.22. The van der Waals surface area contributed by atoms with Gasteiger partial charge in [-0.2, -0.15) is 0 Å². The van der Waals surface area contributed by atoms with Gasteiger partial charge in [0.25, 0.3) is 5.91 Å². The molecule has 1 amide bonds. The van der Waals surface area contributed by atoms with E-state index in [-0.39, 0.29) is 17.1 Å². The minimum atomic E-state index is -0.0103. The van der Waals surface area contributed by atoms with Crippen molar-refractivity contribution in [1.82, 2.24) is 14.8 Å². The van der Waals surface area contributed by atoms with Crippen molar-refractivity contribution in [3.8, 4) is 0 Å². The molecule has 1 aromatic heterocycles. The summed E-state index contributed by atoms with van der Waals surface area (Å²) < 4.78 is 0. The molecule has 2 aromatic rings. The smallest absolute Gasteiger partial charge is 0.270 e. The minimum absolute atomic E-state index is 0.0103. The third kappa shape index (κ3) is 4.90. The number of hydrogen-bond acceptors (Lipinski definition) is 3. The zero-order valence-electron chi connectivity index (χ0n) is 17.4. The van der Waals surface area contributed by atoms with Crippen LogP contribution in [0.25, 0.3) is 0 Å². The van der Waals surface area contributed by atoms with E-state index in [1.165, 1.54) is 11.1 Å². The molecule has 150 valence electrons. The van der Waals surface area contributed by atoms with E-state index in [0.717, 1.165) is 25.9 Å². The highest BCUT2D eigenvalue weighted by Crippen LogP contribution is 2.22. The predicted molar refractivity (Wildman–Crippen MR) is 112 cm³/mol. The average molecular weight is 382 g/mol. The SMILES string of the molecule is CN(CC(=O)c1c[nH]c(C(=O)N2CCCC2)c1)Cc1ccc(C(C)(C)C)cc1. The molecule has 0 spiro atoms. The third-order valence-corrected chi connectivity index (χ3v) is 5.31. The fourth-order valence-corrected chi connectivity index (χ4v) is 3.58. The second kappa shape index (κ2) is 8.31. The number of likely N-dealkylation sites (tertiary alicyclic amines) is 1. The number of aromatic amines is 1. The van der Waals surface area contributed by atoms with E-state index in [1.54, 1.807) is 12.3 Å². The first-order valence-electron chi connectivity index (χ1n) is 10.0. The Morgan fingerprint density at radius 2 is 1.75 bits per heavy atom. The van der Waals surface area contributed by atoms with Crippen LogP contribution in [0.4, 0.5) is 0 Å². The van der Waals surface area contributed by atoms with E-state index in [0.29, 0.717) is 24.3 Å². The van der Waals surface area contributed by atoms with Crippen LogP contribution in [0.1, 0.15) is 65.6 Å². The lowest BCUT2D eigenvalue weighted by Gasteiger charge is -2.20. The van der Waals surface area contributed by atoms with Gasteiger partial charge in [-0.05, 0) is 42.5 Å². The molecule has 3 rings (SSSR count). The van der Waals surface area contributed by atoms with E-state index < -0.39 is 0 Å². The summed E-state index contributed by atoms with van der Waals surface area (Å²) in [5.74, 6) is 0.00868. The summed E-state index contributed by atoms with van der Waals surface area (Å²) in [7, 11) is 1.94. The molecule has 0 atom stereocenters. The van der Waals surface area contributed by atoms with Gasteiger partial charge in [-0.25, -0.2) is 0 Å². The second-order valence-electron chi connectivity index (χ2n) is 8.84. The molecule has 1 N–H and O–H groups in total. The standard InChI is InChI=1S/C23H31N3O2/c1-23(2,3)19-9-7-17(8-10-19)15-25(4)16-21(27)18-13-20(24-14-18)22(28)26-11-5-6-12-26/h7-10,13-14,24H,5-6,11-12,15-16H2,1-4H3. The van der Waals surface area contributed by atoms with Crippen molar-refractivity contribution in [3.63, 3.8) is 0 Å². The fourth-order valence-electron chi connectivity index (χ4n) is 3.58. The van der Waals surface area contributed by atoms with Crippen LogP contribution in [-0.2, 0) is 12.0 Å². The molecule has 1 saturated heterocycles. The van der Waals surface area contributed by atoms with Crippen molar-refractivity contribution < 1.29 is 9.59 Å². The zero-order valence-corrected chi connectivity index (χ0v) is 17.4. The number of aromatic nitrogens is 1. The van der Waals surface area contributed by atoms with Crippen molar-refractivity contribution in [2.45, 2.75) is 45.6 Å². The first-order chi connectivity index (χ1) is 13.2. The first-order valence-corrected chi connectivity index (χ1v) is 10.0. The van der Waals surface area contributed by atoms with Crippen LogP contribution in [0.5, 0.6) is 0 Å². The Labute approximate surface area is 167 Å². The first kappa shape index (κ1) is 20.3. The highest BCUT2D eigenvalue weighted by atomic mass is 16.2. The topological polar surface area (TPSA) is 56.4 Å². The molecule has 2 heterocycles. The molecule has 1 fully saturated rings. The molecule has 1 aromatic carbocycles. The van der Waals surface area contributed by atoms with Crippen molar-refractivity contribution in [2.75, 3.05) is 26.7 Å². The summed E-state index contributed by atoms with van der Waals surface area (Å²) in [6.07, 6.45) is 3.76. The van der Waals surface area contributed by atoms with Gasteiger partial charge in [0.2, 0.25) is 0 Å².